The van der Waals surface area contributed by atoms with Gasteiger partial charge in [0.2, 0.25) is 0 Å². The summed E-state index contributed by atoms with van der Waals surface area (Å²) < 4.78 is 0. The number of carbonyl (C=O) groups excluding carboxylic acids is 1. The highest BCUT2D eigenvalue weighted by molar-refractivity contribution is 5.89. The molecule has 0 aromatic heterocycles. The van der Waals surface area contributed by atoms with Crippen molar-refractivity contribution in [2.75, 3.05) is 11.1 Å². The van der Waals surface area contributed by atoms with Crippen molar-refractivity contribution in [3.63, 3.8) is 0 Å². The van der Waals surface area contributed by atoms with Gasteiger partial charge in [0, 0.05) is 17.4 Å². The lowest BCUT2D eigenvalue weighted by Gasteiger charge is -2.27. The van der Waals surface area contributed by atoms with E-state index in [1.807, 2.05) is 0 Å². The number of anilines is 2. The molecule has 4 nitrogen and oxygen atoms in total. The molecule has 1 aliphatic carbocycles. The lowest BCUT2D eigenvalue weighted by molar-refractivity contribution is 0.238. The number of nitrogens with two attached hydrogens (primary N) is 1. The molecule has 2 amide bonds. The largest absolute Gasteiger partial charge is 0.399 e. The fraction of sp³-hybridized carbons (Fsp3) is 0.500. The first-order valence-corrected chi connectivity index (χ1v) is 6.56. The smallest absolute Gasteiger partial charge is 0.319 e. The molecule has 0 aliphatic heterocycles. The fourth-order valence-corrected chi connectivity index (χ4v) is 2.48. The van der Waals surface area contributed by atoms with Crippen molar-refractivity contribution < 1.29 is 4.79 Å². The number of hydrogen-bond donors (Lipinski definition) is 3. The van der Waals surface area contributed by atoms with Gasteiger partial charge in [0.25, 0.3) is 0 Å². The molecule has 2 atom stereocenters. The molecular formula is C14H21N3O. The molecule has 0 radical (unpaired) electrons. The van der Waals surface area contributed by atoms with Crippen LogP contribution in [0.5, 0.6) is 0 Å². The van der Waals surface area contributed by atoms with Gasteiger partial charge in [0.05, 0.1) is 0 Å². The molecule has 0 saturated heterocycles. The lowest BCUT2D eigenvalue weighted by atomic mass is 9.87. The molecule has 4 heteroatoms. The van der Waals surface area contributed by atoms with Crippen molar-refractivity contribution >= 4 is 17.4 Å². The predicted octanol–water partition coefficient (Wildman–Crippen LogP) is 2.97. The molecule has 1 aromatic carbocycles. The minimum Gasteiger partial charge on any atom is -0.399 e. The van der Waals surface area contributed by atoms with Crippen LogP contribution in [0.2, 0.25) is 0 Å². The number of urea groups is 1. The molecule has 1 saturated carbocycles. The second-order valence-corrected chi connectivity index (χ2v) is 5.19. The Bertz CT molecular complexity index is 402. The van der Waals surface area contributed by atoms with Crippen molar-refractivity contribution in [2.24, 2.45) is 5.92 Å². The maximum Gasteiger partial charge on any atom is 0.319 e. The first-order chi connectivity index (χ1) is 8.63. The summed E-state index contributed by atoms with van der Waals surface area (Å²) in [4.78, 5) is 11.8. The Hall–Kier alpha value is -1.71. The number of rotatable bonds is 2. The van der Waals surface area contributed by atoms with Crippen molar-refractivity contribution in [1.82, 2.24) is 5.32 Å². The van der Waals surface area contributed by atoms with Crippen molar-refractivity contribution in [1.29, 1.82) is 0 Å². The molecule has 1 fully saturated rings. The van der Waals surface area contributed by atoms with E-state index in [0.29, 0.717) is 17.6 Å². The number of nitrogens with one attached hydrogen (secondary N) is 2. The number of nitrogen functional groups attached to an aromatic ring is 1. The highest BCUT2D eigenvalue weighted by atomic mass is 16.2. The molecule has 2 unspecified atom stereocenters. The monoisotopic (exact) mass is 247 g/mol. The van der Waals surface area contributed by atoms with Gasteiger partial charge in [-0.2, -0.15) is 0 Å². The quantitative estimate of drug-likeness (QED) is 0.703. The van der Waals surface area contributed by atoms with Crippen LogP contribution in [0.1, 0.15) is 32.6 Å². The van der Waals surface area contributed by atoms with E-state index in [1.54, 1.807) is 24.3 Å². The van der Waals surface area contributed by atoms with Crippen LogP contribution in [0.3, 0.4) is 0 Å². The van der Waals surface area contributed by atoms with E-state index in [2.05, 4.69) is 17.6 Å². The highest BCUT2D eigenvalue weighted by Gasteiger charge is 2.20. The Morgan fingerprint density at radius 2 is 2.00 bits per heavy atom. The number of carbonyl (C=O) groups is 1. The summed E-state index contributed by atoms with van der Waals surface area (Å²) >= 11 is 0. The van der Waals surface area contributed by atoms with Gasteiger partial charge in [-0.05, 0) is 43.0 Å². The summed E-state index contributed by atoms with van der Waals surface area (Å²) in [6.45, 7) is 2.24. The molecule has 0 heterocycles. The Morgan fingerprint density at radius 1 is 1.28 bits per heavy atom. The molecule has 1 aliphatic rings. The third-order valence-electron chi connectivity index (χ3n) is 3.44. The summed E-state index contributed by atoms with van der Waals surface area (Å²) in [5.74, 6) is 0.709. The van der Waals surface area contributed by atoms with Crippen LogP contribution in [0.15, 0.2) is 24.3 Å². The minimum absolute atomic E-state index is 0.126. The van der Waals surface area contributed by atoms with Crippen molar-refractivity contribution in [3.8, 4) is 0 Å². The van der Waals surface area contributed by atoms with E-state index >= 15 is 0 Å². The van der Waals surface area contributed by atoms with E-state index in [-0.39, 0.29) is 6.03 Å². The SMILES string of the molecule is CC1CCCC(NC(=O)Nc2ccc(N)cc2)C1. The van der Waals surface area contributed by atoms with E-state index in [0.717, 1.165) is 18.5 Å². The zero-order valence-electron chi connectivity index (χ0n) is 10.8. The summed E-state index contributed by atoms with van der Waals surface area (Å²) in [6, 6.07) is 7.34. The molecule has 1 aromatic rings. The summed E-state index contributed by atoms with van der Waals surface area (Å²) in [5.41, 5.74) is 7.06. The first kappa shape index (κ1) is 12.7. The highest BCUT2D eigenvalue weighted by Crippen LogP contribution is 2.23. The Balaban J connectivity index is 1.83. The van der Waals surface area contributed by atoms with Crippen LogP contribution in [0.4, 0.5) is 16.2 Å². The van der Waals surface area contributed by atoms with Gasteiger partial charge in [0.15, 0.2) is 0 Å². The van der Waals surface area contributed by atoms with Crippen molar-refractivity contribution in [2.45, 2.75) is 38.6 Å². The van der Waals surface area contributed by atoms with Gasteiger partial charge in [-0.1, -0.05) is 19.8 Å². The van der Waals surface area contributed by atoms with E-state index < -0.39 is 0 Å². The molecule has 2 rings (SSSR count). The van der Waals surface area contributed by atoms with E-state index in [1.165, 1.54) is 12.8 Å². The van der Waals surface area contributed by atoms with Gasteiger partial charge in [-0.25, -0.2) is 4.79 Å². The summed E-state index contributed by atoms with van der Waals surface area (Å²) in [7, 11) is 0. The van der Waals surface area contributed by atoms with Gasteiger partial charge in [-0.3, -0.25) is 0 Å². The van der Waals surface area contributed by atoms with Gasteiger partial charge in [-0.15, -0.1) is 0 Å². The first-order valence-electron chi connectivity index (χ1n) is 6.56. The topological polar surface area (TPSA) is 67.2 Å². The van der Waals surface area contributed by atoms with Gasteiger partial charge in [0.1, 0.15) is 0 Å². The molecule has 4 N–H and O–H groups in total. The summed E-state index contributed by atoms with van der Waals surface area (Å²) in [6.07, 6.45) is 4.64. The second kappa shape index (κ2) is 5.76. The second-order valence-electron chi connectivity index (χ2n) is 5.19. The normalized spacial score (nSPS) is 23.4. The zero-order valence-corrected chi connectivity index (χ0v) is 10.8. The van der Waals surface area contributed by atoms with Crippen LogP contribution < -0.4 is 16.4 Å². The third kappa shape index (κ3) is 3.65. The Morgan fingerprint density at radius 3 is 2.67 bits per heavy atom. The number of benzene rings is 1. The maximum absolute atomic E-state index is 11.8. The summed E-state index contributed by atoms with van der Waals surface area (Å²) in [5, 5.41) is 5.86. The Labute approximate surface area is 108 Å². The number of amides is 2. The van der Waals surface area contributed by atoms with Gasteiger partial charge < -0.3 is 16.4 Å². The predicted molar refractivity (Wildman–Crippen MR) is 74.4 cm³/mol. The standard InChI is InChI=1S/C14H21N3O/c1-10-3-2-4-13(9-10)17-14(18)16-12-7-5-11(15)6-8-12/h5-8,10,13H,2-4,9,15H2,1H3,(H2,16,17,18). The zero-order chi connectivity index (χ0) is 13.0. The van der Waals surface area contributed by atoms with E-state index in [4.69, 9.17) is 5.73 Å². The fourth-order valence-electron chi connectivity index (χ4n) is 2.48. The molecule has 0 bridgehead atoms. The molecular weight excluding hydrogens is 226 g/mol. The van der Waals surface area contributed by atoms with Crippen LogP contribution in [-0.4, -0.2) is 12.1 Å². The minimum atomic E-state index is -0.126. The molecule has 98 valence electrons. The van der Waals surface area contributed by atoms with Crippen LogP contribution in [0, 0.1) is 5.92 Å². The third-order valence-corrected chi connectivity index (χ3v) is 3.44. The van der Waals surface area contributed by atoms with Crippen LogP contribution in [0.25, 0.3) is 0 Å². The number of hydrogen-bond acceptors (Lipinski definition) is 2. The maximum atomic E-state index is 11.8. The molecule has 18 heavy (non-hydrogen) atoms. The average molecular weight is 247 g/mol. The average Bonchev–Trinajstić information content (AvgIpc) is 2.32. The lowest BCUT2D eigenvalue weighted by Crippen LogP contribution is -2.40. The van der Waals surface area contributed by atoms with Gasteiger partial charge >= 0.3 is 6.03 Å². The Kier molecular flexibility index (Phi) is 4.07. The van der Waals surface area contributed by atoms with Crippen molar-refractivity contribution in [3.05, 3.63) is 24.3 Å². The van der Waals surface area contributed by atoms with Crippen LogP contribution >= 0.6 is 0 Å². The van der Waals surface area contributed by atoms with E-state index in [9.17, 15) is 4.79 Å². The van der Waals surface area contributed by atoms with Crippen LogP contribution in [-0.2, 0) is 0 Å². The molecule has 0 spiro atoms.